The fourth-order valence-corrected chi connectivity index (χ4v) is 1.67. The Balaban J connectivity index is 2.35. The standard InChI is InChI=1S/C13H11BrN2O2/c1-16-7-6-11(15-13(16)18)8-12(17)9-2-4-10(14)5-3-9/h2-8,17H,1H3. The van der Waals surface area contributed by atoms with Gasteiger partial charge >= 0.3 is 5.69 Å². The lowest BCUT2D eigenvalue weighted by Gasteiger charge is -2.01. The second-order valence-corrected chi connectivity index (χ2v) is 4.70. The molecule has 0 saturated heterocycles. The van der Waals surface area contributed by atoms with Gasteiger partial charge < -0.3 is 9.67 Å². The fourth-order valence-electron chi connectivity index (χ4n) is 1.40. The second kappa shape index (κ2) is 5.18. The predicted molar refractivity (Wildman–Crippen MR) is 74.1 cm³/mol. The van der Waals surface area contributed by atoms with Gasteiger partial charge in [0.15, 0.2) is 0 Å². The highest BCUT2D eigenvalue weighted by molar-refractivity contribution is 9.10. The average molecular weight is 307 g/mol. The van der Waals surface area contributed by atoms with Crippen molar-refractivity contribution in [3.8, 4) is 0 Å². The van der Waals surface area contributed by atoms with E-state index in [1.54, 1.807) is 31.4 Å². The first-order valence-corrected chi connectivity index (χ1v) is 6.06. The Hall–Kier alpha value is -1.88. The third kappa shape index (κ3) is 2.87. The summed E-state index contributed by atoms with van der Waals surface area (Å²) in [5.74, 6) is 0.0725. The van der Waals surface area contributed by atoms with E-state index < -0.39 is 0 Å². The summed E-state index contributed by atoms with van der Waals surface area (Å²) in [5, 5.41) is 9.92. The minimum Gasteiger partial charge on any atom is -0.507 e. The number of aliphatic hydroxyl groups is 1. The van der Waals surface area contributed by atoms with Gasteiger partial charge in [-0.15, -0.1) is 0 Å². The van der Waals surface area contributed by atoms with E-state index in [-0.39, 0.29) is 11.4 Å². The molecule has 92 valence electrons. The first-order valence-electron chi connectivity index (χ1n) is 5.26. The Kier molecular flexibility index (Phi) is 3.62. The van der Waals surface area contributed by atoms with Crippen LogP contribution in [0.5, 0.6) is 0 Å². The summed E-state index contributed by atoms with van der Waals surface area (Å²) >= 11 is 3.32. The van der Waals surface area contributed by atoms with Gasteiger partial charge in [0.1, 0.15) is 5.76 Å². The lowest BCUT2D eigenvalue weighted by molar-refractivity contribution is 0.515. The zero-order valence-corrected chi connectivity index (χ0v) is 11.3. The van der Waals surface area contributed by atoms with Crippen LogP contribution in [0.3, 0.4) is 0 Å². The van der Waals surface area contributed by atoms with E-state index in [4.69, 9.17) is 0 Å². The Labute approximate surface area is 112 Å². The van der Waals surface area contributed by atoms with Crippen LogP contribution in [0.2, 0.25) is 0 Å². The minimum atomic E-state index is -0.354. The van der Waals surface area contributed by atoms with Crippen LogP contribution in [0.25, 0.3) is 11.8 Å². The second-order valence-electron chi connectivity index (χ2n) is 3.78. The van der Waals surface area contributed by atoms with Crippen LogP contribution in [-0.4, -0.2) is 14.7 Å². The van der Waals surface area contributed by atoms with Crippen LogP contribution < -0.4 is 5.69 Å². The lowest BCUT2D eigenvalue weighted by Crippen LogP contribution is -2.19. The highest BCUT2D eigenvalue weighted by atomic mass is 79.9. The van der Waals surface area contributed by atoms with Gasteiger partial charge in [-0.25, -0.2) is 4.79 Å². The molecule has 2 aromatic rings. The smallest absolute Gasteiger partial charge is 0.347 e. The summed E-state index contributed by atoms with van der Waals surface area (Å²) in [6, 6.07) is 8.87. The number of rotatable bonds is 2. The van der Waals surface area contributed by atoms with Crippen molar-refractivity contribution in [3.05, 3.63) is 62.7 Å². The molecule has 0 atom stereocenters. The molecule has 0 aliphatic heterocycles. The summed E-state index contributed by atoms with van der Waals surface area (Å²) in [6.45, 7) is 0. The van der Waals surface area contributed by atoms with Crippen molar-refractivity contribution >= 4 is 27.8 Å². The predicted octanol–water partition coefficient (Wildman–Crippen LogP) is 2.60. The molecule has 1 heterocycles. The Morgan fingerprint density at radius 1 is 1.33 bits per heavy atom. The Morgan fingerprint density at radius 2 is 2.00 bits per heavy atom. The van der Waals surface area contributed by atoms with Crippen LogP contribution in [0.15, 0.2) is 45.8 Å². The molecule has 0 saturated carbocycles. The number of aryl methyl sites for hydroxylation is 1. The van der Waals surface area contributed by atoms with E-state index in [1.807, 2.05) is 12.1 Å². The highest BCUT2D eigenvalue weighted by Gasteiger charge is 2.01. The van der Waals surface area contributed by atoms with E-state index in [9.17, 15) is 9.90 Å². The van der Waals surface area contributed by atoms with Gasteiger partial charge in [-0.1, -0.05) is 28.1 Å². The number of benzene rings is 1. The molecular weight excluding hydrogens is 296 g/mol. The summed E-state index contributed by atoms with van der Waals surface area (Å²) in [4.78, 5) is 15.2. The van der Waals surface area contributed by atoms with Crippen molar-refractivity contribution in [2.45, 2.75) is 0 Å². The average Bonchev–Trinajstić information content (AvgIpc) is 2.34. The third-order valence-corrected chi connectivity index (χ3v) is 2.95. The van der Waals surface area contributed by atoms with Crippen LogP contribution in [0, 0.1) is 0 Å². The van der Waals surface area contributed by atoms with Gasteiger partial charge in [-0.2, -0.15) is 4.98 Å². The number of halogens is 1. The quantitative estimate of drug-likeness (QED) is 0.868. The molecule has 1 N–H and O–H groups in total. The maximum atomic E-state index is 11.3. The first-order chi connectivity index (χ1) is 8.56. The van der Waals surface area contributed by atoms with Crippen molar-refractivity contribution in [2.24, 2.45) is 7.05 Å². The molecule has 0 spiro atoms. The van der Waals surface area contributed by atoms with Gasteiger partial charge in [0.05, 0.1) is 5.69 Å². The van der Waals surface area contributed by atoms with Gasteiger partial charge in [0.25, 0.3) is 0 Å². The zero-order chi connectivity index (χ0) is 13.1. The molecule has 5 heteroatoms. The Bertz CT molecular complexity index is 645. The van der Waals surface area contributed by atoms with Gasteiger partial charge in [0, 0.05) is 29.4 Å². The monoisotopic (exact) mass is 306 g/mol. The largest absolute Gasteiger partial charge is 0.507 e. The summed E-state index contributed by atoms with van der Waals surface area (Å²) in [5.41, 5.74) is 0.742. The molecule has 0 aliphatic carbocycles. The number of aliphatic hydroxyl groups excluding tert-OH is 1. The molecule has 0 unspecified atom stereocenters. The Morgan fingerprint density at radius 3 is 2.61 bits per heavy atom. The highest BCUT2D eigenvalue weighted by Crippen LogP contribution is 2.17. The first kappa shape index (κ1) is 12.6. The molecule has 0 aliphatic rings. The third-order valence-electron chi connectivity index (χ3n) is 2.42. The van der Waals surface area contributed by atoms with Crippen molar-refractivity contribution < 1.29 is 5.11 Å². The van der Waals surface area contributed by atoms with Crippen molar-refractivity contribution in [2.75, 3.05) is 0 Å². The molecule has 1 aromatic carbocycles. The SMILES string of the molecule is Cn1ccc(C=C(O)c2ccc(Br)cc2)nc1=O. The van der Waals surface area contributed by atoms with Crippen LogP contribution in [0.4, 0.5) is 0 Å². The molecule has 0 amide bonds. The molecule has 18 heavy (non-hydrogen) atoms. The molecular formula is C13H11BrN2O2. The normalized spacial score (nSPS) is 11.6. The molecule has 0 fully saturated rings. The molecule has 0 bridgehead atoms. The topological polar surface area (TPSA) is 55.1 Å². The van der Waals surface area contributed by atoms with Crippen LogP contribution in [-0.2, 0) is 7.05 Å². The summed E-state index contributed by atoms with van der Waals surface area (Å²) < 4.78 is 2.30. The van der Waals surface area contributed by atoms with E-state index in [0.717, 1.165) is 4.47 Å². The summed E-state index contributed by atoms with van der Waals surface area (Å²) in [6.07, 6.45) is 3.07. The number of hydrogen-bond donors (Lipinski definition) is 1. The maximum Gasteiger partial charge on any atom is 0.347 e. The molecule has 4 nitrogen and oxygen atoms in total. The van der Waals surface area contributed by atoms with Crippen LogP contribution in [0.1, 0.15) is 11.3 Å². The number of hydrogen-bond acceptors (Lipinski definition) is 3. The zero-order valence-electron chi connectivity index (χ0n) is 9.67. The number of aromatic nitrogens is 2. The molecule has 2 rings (SSSR count). The van der Waals surface area contributed by atoms with Crippen molar-refractivity contribution in [3.63, 3.8) is 0 Å². The van der Waals surface area contributed by atoms with Crippen molar-refractivity contribution in [1.82, 2.24) is 9.55 Å². The summed E-state index contributed by atoms with van der Waals surface area (Å²) in [7, 11) is 1.62. The van der Waals surface area contributed by atoms with E-state index in [2.05, 4.69) is 20.9 Å². The van der Waals surface area contributed by atoms with E-state index in [0.29, 0.717) is 11.3 Å². The molecule has 0 radical (unpaired) electrons. The minimum absolute atomic E-state index is 0.0725. The van der Waals surface area contributed by atoms with Gasteiger partial charge in [-0.3, -0.25) is 0 Å². The molecule has 1 aromatic heterocycles. The maximum absolute atomic E-state index is 11.3. The number of nitrogens with zero attached hydrogens (tertiary/aromatic N) is 2. The van der Waals surface area contributed by atoms with Gasteiger partial charge in [0.2, 0.25) is 0 Å². The van der Waals surface area contributed by atoms with Crippen LogP contribution >= 0.6 is 15.9 Å². The fraction of sp³-hybridized carbons (Fsp3) is 0.0769. The van der Waals surface area contributed by atoms with E-state index >= 15 is 0 Å². The lowest BCUT2D eigenvalue weighted by atomic mass is 10.1. The van der Waals surface area contributed by atoms with Gasteiger partial charge in [-0.05, 0) is 18.2 Å². The van der Waals surface area contributed by atoms with E-state index in [1.165, 1.54) is 10.6 Å². The van der Waals surface area contributed by atoms with Crippen molar-refractivity contribution in [1.29, 1.82) is 0 Å².